The molecule has 0 radical (unpaired) electrons. The first kappa shape index (κ1) is 21.3. The molecular formula is C24H15Cl2N5O. The number of pyridine rings is 1. The highest BCUT2D eigenvalue weighted by atomic mass is 35.5. The fraction of sp³-hybridized carbons (Fsp3) is 0. The lowest BCUT2D eigenvalue weighted by Crippen LogP contribution is -2.14. The molecule has 0 spiro atoms. The Kier molecular flexibility index (Phi) is 6.31. The fourth-order valence-corrected chi connectivity index (χ4v) is 3.53. The van der Waals surface area contributed by atoms with Crippen LogP contribution in [0.4, 0.5) is 5.69 Å². The summed E-state index contributed by atoms with van der Waals surface area (Å²) in [5.74, 6) is -0.632. The van der Waals surface area contributed by atoms with Crippen LogP contribution in [0.5, 0.6) is 0 Å². The summed E-state index contributed by atoms with van der Waals surface area (Å²) in [7, 11) is 0. The summed E-state index contributed by atoms with van der Waals surface area (Å²) < 4.78 is 1.69. The van der Waals surface area contributed by atoms with E-state index in [1.54, 1.807) is 47.5 Å². The van der Waals surface area contributed by atoms with E-state index < -0.39 is 5.91 Å². The molecule has 8 heteroatoms. The van der Waals surface area contributed by atoms with E-state index in [0.717, 1.165) is 11.3 Å². The number of rotatable bonds is 5. The molecule has 32 heavy (non-hydrogen) atoms. The topological polar surface area (TPSA) is 83.6 Å². The van der Waals surface area contributed by atoms with Crippen molar-refractivity contribution in [3.05, 3.63) is 100 Å². The van der Waals surface area contributed by atoms with Crippen molar-refractivity contribution < 1.29 is 4.79 Å². The number of para-hydroxylation sites is 2. The zero-order valence-electron chi connectivity index (χ0n) is 16.5. The summed E-state index contributed by atoms with van der Waals surface area (Å²) in [5.41, 5.74) is 2.87. The Labute approximate surface area is 194 Å². The van der Waals surface area contributed by atoms with Crippen LogP contribution in [-0.4, -0.2) is 20.7 Å². The van der Waals surface area contributed by atoms with Crippen LogP contribution >= 0.6 is 23.2 Å². The Bertz CT molecular complexity index is 1320. The molecule has 0 bridgehead atoms. The van der Waals surface area contributed by atoms with Crippen molar-refractivity contribution in [2.24, 2.45) is 0 Å². The van der Waals surface area contributed by atoms with Gasteiger partial charge in [0.25, 0.3) is 5.91 Å². The maximum Gasteiger partial charge on any atom is 0.266 e. The molecule has 0 aliphatic carbocycles. The summed E-state index contributed by atoms with van der Waals surface area (Å²) in [6.07, 6.45) is 6.57. The lowest BCUT2D eigenvalue weighted by molar-refractivity contribution is -0.112. The molecule has 1 amide bonds. The van der Waals surface area contributed by atoms with Crippen molar-refractivity contribution in [1.29, 1.82) is 5.26 Å². The van der Waals surface area contributed by atoms with Crippen LogP contribution in [0.3, 0.4) is 0 Å². The van der Waals surface area contributed by atoms with E-state index in [0.29, 0.717) is 11.3 Å². The number of carbonyl (C=O) groups excluding carboxylic acids is 1. The Hall–Kier alpha value is -3.92. The van der Waals surface area contributed by atoms with Gasteiger partial charge in [0.2, 0.25) is 0 Å². The zero-order chi connectivity index (χ0) is 22.5. The van der Waals surface area contributed by atoms with Gasteiger partial charge in [0.1, 0.15) is 17.3 Å². The summed E-state index contributed by atoms with van der Waals surface area (Å²) in [6.45, 7) is 0. The van der Waals surface area contributed by atoms with Crippen LogP contribution in [0.1, 0.15) is 5.56 Å². The minimum absolute atomic E-state index is 0.126. The number of carbonyl (C=O) groups is 1. The van der Waals surface area contributed by atoms with Gasteiger partial charge in [-0.05, 0) is 42.5 Å². The highest BCUT2D eigenvalue weighted by Gasteiger charge is 2.17. The standard InChI is InChI=1S/C24H15Cl2N5O/c25-20-9-4-10-21(26)23(20)29-24(32)17(13-27)12-18-15-31(19-7-2-1-3-8-19)30-22(18)16-6-5-11-28-14-16/h1-12,14-15H,(H,29,32)/b17-12+. The summed E-state index contributed by atoms with van der Waals surface area (Å²) in [4.78, 5) is 17.0. The second-order valence-corrected chi connectivity index (χ2v) is 7.49. The number of hydrogen-bond donors (Lipinski definition) is 1. The second-order valence-electron chi connectivity index (χ2n) is 6.68. The Morgan fingerprint density at radius 3 is 2.44 bits per heavy atom. The fourth-order valence-electron chi connectivity index (χ4n) is 3.04. The van der Waals surface area contributed by atoms with Crippen molar-refractivity contribution in [3.8, 4) is 23.0 Å². The molecule has 2 heterocycles. The number of halogens is 2. The zero-order valence-corrected chi connectivity index (χ0v) is 18.0. The molecule has 0 aliphatic rings. The predicted octanol–water partition coefficient (Wildman–Crippen LogP) is 5.79. The molecule has 0 fully saturated rings. The first-order chi connectivity index (χ1) is 15.6. The number of benzene rings is 2. The van der Waals surface area contributed by atoms with E-state index in [1.165, 1.54) is 6.08 Å². The molecule has 2 aromatic heterocycles. The number of hydrogen-bond acceptors (Lipinski definition) is 4. The molecular weight excluding hydrogens is 445 g/mol. The van der Waals surface area contributed by atoms with Crippen molar-refractivity contribution in [1.82, 2.24) is 14.8 Å². The third-order valence-corrected chi connectivity index (χ3v) is 5.19. The highest BCUT2D eigenvalue weighted by Crippen LogP contribution is 2.31. The monoisotopic (exact) mass is 459 g/mol. The Morgan fingerprint density at radius 1 is 1.03 bits per heavy atom. The van der Waals surface area contributed by atoms with Crippen LogP contribution in [0.15, 0.2) is 84.8 Å². The predicted molar refractivity (Wildman–Crippen MR) is 125 cm³/mol. The van der Waals surface area contributed by atoms with Gasteiger partial charge in [-0.3, -0.25) is 9.78 Å². The summed E-state index contributed by atoms with van der Waals surface area (Å²) in [6, 6.07) is 20.0. The molecule has 0 saturated carbocycles. The van der Waals surface area contributed by atoms with Gasteiger partial charge in [-0.2, -0.15) is 10.4 Å². The van der Waals surface area contributed by atoms with Gasteiger partial charge in [0, 0.05) is 29.7 Å². The minimum atomic E-state index is -0.632. The molecule has 0 atom stereocenters. The first-order valence-corrected chi connectivity index (χ1v) is 10.2. The average molecular weight is 460 g/mol. The molecule has 2 aromatic carbocycles. The van der Waals surface area contributed by atoms with E-state index in [1.807, 2.05) is 42.5 Å². The average Bonchev–Trinajstić information content (AvgIpc) is 3.25. The molecule has 4 rings (SSSR count). The number of anilines is 1. The summed E-state index contributed by atoms with van der Waals surface area (Å²) in [5, 5.41) is 17.5. The molecule has 1 N–H and O–H groups in total. The van der Waals surface area contributed by atoms with E-state index in [9.17, 15) is 10.1 Å². The van der Waals surface area contributed by atoms with Gasteiger partial charge in [-0.25, -0.2) is 4.68 Å². The molecule has 0 saturated heterocycles. The number of aromatic nitrogens is 3. The van der Waals surface area contributed by atoms with Crippen molar-refractivity contribution >= 4 is 40.9 Å². The molecule has 4 aromatic rings. The largest absolute Gasteiger partial charge is 0.319 e. The maximum absolute atomic E-state index is 12.8. The molecule has 156 valence electrons. The number of amides is 1. The molecule has 0 unspecified atom stereocenters. The van der Waals surface area contributed by atoms with Gasteiger partial charge < -0.3 is 5.32 Å². The van der Waals surface area contributed by atoms with Gasteiger partial charge in [0.15, 0.2) is 0 Å². The third kappa shape index (κ3) is 4.54. The lowest BCUT2D eigenvalue weighted by Gasteiger charge is -2.08. The van der Waals surface area contributed by atoms with Crippen LogP contribution in [0, 0.1) is 11.3 Å². The number of nitriles is 1. The van der Waals surface area contributed by atoms with Gasteiger partial charge >= 0.3 is 0 Å². The van der Waals surface area contributed by atoms with Gasteiger partial charge in [-0.15, -0.1) is 0 Å². The van der Waals surface area contributed by atoms with Crippen LogP contribution in [-0.2, 0) is 4.79 Å². The lowest BCUT2D eigenvalue weighted by atomic mass is 10.1. The smallest absolute Gasteiger partial charge is 0.266 e. The van der Waals surface area contributed by atoms with E-state index in [4.69, 9.17) is 23.2 Å². The molecule has 6 nitrogen and oxygen atoms in total. The van der Waals surface area contributed by atoms with Crippen LogP contribution in [0.25, 0.3) is 23.0 Å². The second kappa shape index (κ2) is 9.48. The number of nitrogens with zero attached hydrogens (tertiary/aromatic N) is 4. The highest BCUT2D eigenvalue weighted by molar-refractivity contribution is 6.40. The molecule has 0 aliphatic heterocycles. The quantitative estimate of drug-likeness (QED) is 0.302. The Morgan fingerprint density at radius 2 is 1.78 bits per heavy atom. The third-order valence-electron chi connectivity index (χ3n) is 4.56. The van der Waals surface area contributed by atoms with Crippen LogP contribution < -0.4 is 5.32 Å². The first-order valence-electron chi connectivity index (χ1n) is 9.49. The normalized spacial score (nSPS) is 11.1. The van der Waals surface area contributed by atoms with Crippen LogP contribution in [0.2, 0.25) is 10.0 Å². The van der Waals surface area contributed by atoms with E-state index in [-0.39, 0.29) is 21.3 Å². The van der Waals surface area contributed by atoms with Crippen molar-refractivity contribution in [2.45, 2.75) is 0 Å². The summed E-state index contributed by atoms with van der Waals surface area (Å²) >= 11 is 12.3. The number of nitrogens with one attached hydrogen (secondary N) is 1. The minimum Gasteiger partial charge on any atom is -0.319 e. The Balaban J connectivity index is 1.76. The van der Waals surface area contributed by atoms with E-state index >= 15 is 0 Å². The van der Waals surface area contributed by atoms with Crippen molar-refractivity contribution in [3.63, 3.8) is 0 Å². The van der Waals surface area contributed by atoms with E-state index in [2.05, 4.69) is 15.4 Å². The SMILES string of the molecule is N#C/C(=C\c1cn(-c2ccccc2)nc1-c1cccnc1)C(=O)Nc1c(Cl)cccc1Cl. The van der Waals surface area contributed by atoms with Crippen molar-refractivity contribution in [2.75, 3.05) is 5.32 Å². The van der Waals surface area contributed by atoms with Gasteiger partial charge in [0.05, 0.1) is 21.4 Å². The van der Waals surface area contributed by atoms with Gasteiger partial charge in [-0.1, -0.05) is 47.5 Å². The maximum atomic E-state index is 12.8.